The first-order valence-corrected chi connectivity index (χ1v) is 8.03. The zero-order chi connectivity index (χ0) is 19.4. The van der Waals surface area contributed by atoms with Crippen molar-refractivity contribution in [3.05, 3.63) is 42.6 Å². The van der Waals surface area contributed by atoms with E-state index in [9.17, 15) is 0 Å². The molecule has 0 fully saturated rings. The average Bonchev–Trinajstić information content (AvgIpc) is 3.24. The lowest BCUT2D eigenvalue weighted by Crippen LogP contribution is -2.39. The van der Waals surface area contributed by atoms with Gasteiger partial charge in [0, 0.05) is 6.20 Å². The number of benzene rings is 1. The number of hydrogen-bond acceptors (Lipinski definition) is 7. The van der Waals surface area contributed by atoms with Crippen LogP contribution in [-0.2, 0) is 0 Å². The number of amidine groups is 1. The molecule has 11 nitrogen and oxygen atoms in total. The van der Waals surface area contributed by atoms with E-state index in [1.54, 1.807) is 18.3 Å². The van der Waals surface area contributed by atoms with E-state index in [-0.39, 0.29) is 0 Å². The Kier molecular flexibility index (Phi) is 5.11. The molecule has 0 spiro atoms. The molecule has 0 aliphatic rings. The molecule has 0 atom stereocenters. The predicted molar refractivity (Wildman–Crippen MR) is 97.4 cm³/mol. The van der Waals surface area contributed by atoms with Gasteiger partial charge in [-0.2, -0.15) is 0 Å². The second kappa shape index (κ2) is 7.64. The standard InChI is InChI=1S/C10H15N6O.C6H5N3O/c1-14(2)10(15(3)4)17-16-9-8(12-13-16)6-5-7-11-9;10-9-6-4-2-1-3-5(6)7-8-9/h5-7H,1-4H3;1-4,10H/q+1;. The van der Waals surface area contributed by atoms with Gasteiger partial charge in [0.15, 0.2) is 0 Å². The van der Waals surface area contributed by atoms with Gasteiger partial charge in [-0.05, 0) is 39.5 Å². The summed E-state index contributed by atoms with van der Waals surface area (Å²) in [5, 5.41) is 23.9. The summed E-state index contributed by atoms with van der Waals surface area (Å²) >= 11 is 0. The van der Waals surface area contributed by atoms with Gasteiger partial charge in [-0.25, -0.2) is 14.5 Å². The Labute approximate surface area is 154 Å². The van der Waals surface area contributed by atoms with Crippen LogP contribution in [0.3, 0.4) is 0 Å². The van der Waals surface area contributed by atoms with Crippen LogP contribution in [0.2, 0.25) is 0 Å². The number of nitrogens with zero attached hydrogens (tertiary/aromatic N) is 9. The molecule has 1 aromatic carbocycles. The molecule has 11 heteroatoms. The Balaban J connectivity index is 0.000000177. The van der Waals surface area contributed by atoms with Crippen LogP contribution in [-0.4, -0.2) is 84.2 Å². The van der Waals surface area contributed by atoms with Crippen molar-refractivity contribution in [3.8, 4) is 0 Å². The maximum absolute atomic E-state index is 8.95. The van der Waals surface area contributed by atoms with Crippen LogP contribution in [0.4, 0.5) is 0 Å². The fourth-order valence-electron chi connectivity index (χ4n) is 2.30. The first-order valence-electron chi connectivity index (χ1n) is 8.03. The first kappa shape index (κ1) is 18.0. The molecule has 0 amide bonds. The molecular formula is C16H20N9O2+. The molecule has 0 bridgehead atoms. The van der Waals surface area contributed by atoms with Crippen LogP contribution < -0.4 is 4.84 Å². The van der Waals surface area contributed by atoms with Gasteiger partial charge < -0.3 is 5.21 Å². The number of aromatic nitrogens is 7. The molecule has 0 radical (unpaired) electrons. The minimum absolute atomic E-state index is 0.591. The number of para-hydroxylation sites is 1. The van der Waals surface area contributed by atoms with Crippen LogP contribution >= 0.6 is 0 Å². The number of pyridine rings is 1. The quantitative estimate of drug-likeness (QED) is 0.218. The van der Waals surface area contributed by atoms with Gasteiger partial charge in [-0.3, -0.25) is 4.84 Å². The smallest absolute Gasteiger partial charge is 0.410 e. The van der Waals surface area contributed by atoms with Gasteiger partial charge in [0.05, 0.1) is 28.2 Å². The van der Waals surface area contributed by atoms with Gasteiger partial charge in [-0.15, -0.1) is 10.2 Å². The topological polar surface area (TPSA) is 110 Å². The minimum atomic E-state index is 0.591. The Bertz CT molecular complexity index is 1080. The van der Waals surface area contributed by atoms with E-state index in [0.29, 0.717) is 28.2 Å². The lowest BCUT2D eigenvalue weighted by atomic mass is 10.3. The number of rotatable bonds is 1. The molecule has 4 aromatic rings. The molecule has 0 saturated carbocycles. The highest BCUT2D eigenvalue weighted by molar-refractivity contribution is 5.73. The molecule has 4 rings (SSSR count). The van der Waals surface area contributed by atoms with Gasteiger partial charge in [0.25, 0.3) is 0 Å². The summed E-state index contributed by atoms with van der Waals surface area (Å²) in [6.07, 6.45) is 1.68. The zero-order valence-corrected chi connectivity index (χ0v) is 15.4. The summed E-state index contributed by atoms with van der Waals surface area (Å²) in [5.41, 5.74) is 2.62. The number of fused-ring (bicyclic) bond motifs is 2. The SMILES string of the molecule is CN(C)C(On1nnc2cccnc21)=[N+](C)C.On1nnc2ccccc21. The lowest BCUT2D eigenvalue weighted by Gasteiger charge is -2.09. The summed E-state index contributed by atoms with van der Waals surface area (Å²) < 4.78 is 1.84. The molecule has 140 valence electrons. The average molecular weight is 370 g/mol. The van der Waals surface area contributed by atoms with E-state index in [1.165, 1.54) is 4.85 Å². The van der Waals surface area contributed by atoms with E-state index in [4.69, 9.17) is 10.0 Å². The molecule has 0 unspecified atom stereocenters. The van der Waals surface area contributed by atoms with Gasteiger partial charge in [0.2, 0.25) is 5.65 Å². The van der Waals surface area contributed by atoms with Crippen LogP contribution in [0.5, 0.6) is 0 Å². The summed E-state index contributed by atoms with van der Waals surface area (Å²) in [7, 11) is 7.56. The summed E-state index contributed by atoms with van der Waals surface area (Å²) in [6.45, 7) is 0. The predicted octanol–water partition coefficient (Wildman–Crippen LogP) is 0.113. The lowest BCUT2D eigenvalue weighted by molar-refractivity contribution is -0.480. The highest BCUT2D eigenvalue weighted by Crippen LogP contribution is 2.06. The summed E-state index contributed by atoms with van der Waals surface area (Å²) in [6, 6.07) is 11.5. The summed E-state index contributed by atoms with van der Waals surface area (Å²) in [4.78, 5) is 13.7. The molecule has 3 heterocycles. The van der Waals surface area contributed by atoms with Crippen molar-refractivity contribution in [1.29, 1.82) is 0 Å². The third kappa shape index (κ3) is 3.92. The van der Waals surface area contributed by atoms with Crippen LogP contribution in [0.25, 0.3) is 22.2 Å². The fraction of sp³-hybridized carbons (Fsp3) is 0.250. The van der Waals surface area contributed by atoms with E-state index in [0.717, 1.165) is 4.85 Å². The molecule has 0 saturated heterocycles. The molecule has 27 heavy (non-hydrogen) atoms. The van der Waals surface area contributed by atoms with Crippen molar-refractivity contribution in [2.45, 2.75) is 0 Å². The second-order valence-electron chi connectivity index (χ2n) is 5.94. The van der Waals surface area contributed by atoms with Gasteiger partial charge >= 0.3 is 6.02 Å². The first-order chi connectivity index (χ1) is 13.0. The van der Waals surface area contributed by atoms with E-state index < -0.39 is 0 Å². The van der Waals surface area contributed by atoms with E-state index in [2.05, 4.69) is 25.6 Å². The van der Waals surface area contributed by atoms with Crippen molar-refractivity contribution in [2.24, 2.45) is 0 Å². The Morgan fingerprint density at radius 1 is 1.04 bits per heavy atom. The van der Waals surface area contributed by atoms with E-state index >= 15 is 0 Å². The largest absolute Gasteiger partial charge is 0.472 e. The van der Waals surface area contributed by atoms with Crippen molar-refractivity contribution >= 4 is 28.2 Å². The Hall–Kier alpha value is -3.76. The monoisotopic (exact) mass is 370 g/mol. The van der Waals surface area contributed by atoms with Crippen LogP contribution in [0.15, 0.2) is 42.6 Å². The van der Waals surface area contributed by atoms with Crippen molar-refractivity contribution in [3.63, 3.8) is 0 Å². The van der Waals surface area contributed by atoms with Crippen LogP contribution in [0, 0.1) is 0 Å². The molecule has 0 aliphatic carbocycles. The fourth-order valence-corrected chi connectivity index (χ4v) is 2.30. The van der Waals surface area contributed by atoms with Crippen molar-refractivity contribution < 1.29 is 14.6 Å². The minimum Gasteiger partial charge on any atom is -0.410 e. The van der Waals surface area contributed by atoms with Crippen molar-refractivity contribution in [1.82, 2.24) is 40.2 Å². The molecule has 1 N–H and O–H groups in total. The second-order valence-corrected chi connectivity index (χ2v) is 5.94. The summed E-state index contributed by atoms with van der Waals surface area (Å²) in [5.74, 6) is 0. The molecule has 3 aromatic heterocycles. The maximum Gasteiger partial charge on any atom is 0.472 e. The normalized spacial score (nSPS) is 10.4. The van der Waals surface area contributed by atoms with Gasteiger partial charge in [-0.1, -0.05) is 17.0 Å². The highest BCUT2D eigenvalue weighted by atomic mass is 16.7. The maximum atomic E-state index is 8.95. The van der Waals surface area contributed by atoms with Crippen LogP contribution in [0.1, 0.15) is 0 Å². The van der Waals surface area contributed by atoms with Crippen molar-refractivity contribution in [2.75, 3.05) is 28.2 Å². The van der Waals surface area contributed by atoms with Gasteiger partial charge in [0.1, 0.15) is 16.6 Å². The Morgan fingerprint density at radius 2 is 1.74 bits per heavy atom. The highest BCUT2D eigenvalue weighted by Gasteiger charge is 2.17. The third-order valence-electron chi connectivity index (χ3n) is 3.45. The number of hydrogen-bond donors (Lipinski definition) is 1. The third-order valence-corrected chi connectivity index (χ3v) is 3.45. The van der Waals surface area contributed by atoms with E-state index in [1.807, 2.05) is 61.9 Å². The Morgan fingerprint density at radius 3 is 2.44 bits per heavy atom. The zero-order valence-electron chi connectivity index (χ0n) is 15.4. The molecular weight excluding hydrogens is 350 g/mol. The molecule has 0 aliphatic heterocycles.